The zero-order valence-electron chi connectivity index (χ0n) is 12.2. The molecule has 0 atom stereocenters. The molecule has 2 aromatic carbocycles. The molecule has 0 radical (unpaired) electrons. The number of hydrogen-bond acceptors (Lipinski definition) is 3. The highest BCUT2D eigenvalue weighted by Crippen LogP contribution is 2.31. The molecule has 0 aliphatic carbocycles. The second-order valence-electron chi connectivity index (χ2n) is 5.29. The molecule has 110 valence electrons. The highest BCUT2D eigenvalue weighted by Gasteiger charge is 2.30. The van der Waals surface area contributed by atoms with Crippen molar-refractivity contribution >= 4 is 0 Å². The number of rotatable bonds is 4. The second kappa shape index (κ2) is 6.29. The summed E-state index contributed by atoms with van der Waals surface area (Å²) in [5.41, 5.74) is 2.18. The molecule has 0 amide bonds. The highest BCUT2D eigenvalue weighted by molar-refractivity contribution is 5.30. The van der Waals surface area contributed by atoms with Crippen molar-refractivity contribution in [2.24, 2.45) is 0 Å². The molecule has 1 aliphatic rings. The van der Waals surface area contributed by atoms with Gasteiger partial charge in [-0.15, -0.1) is 0 Å². The van der Waals surface area contributed by atoms with Crippen LogP contribution in [-0.2, 0) is 21.9 Å². The molecule has 21 heavy (non-hydrogen) atoms. The lowest BCUT2D eigenvalue weighted by Gasteiger charge is -2.34. The Morgan fingerprint density at radius 1 is 0.952 bits per heavy atom. The minimum Gasteiger partial charge on any atom is -0.489 e. The van der Waals surface area contributed by atoms with Crippen LogP contribution in [0.1, 0.15) is 24.5 Å². The molecule has 3 heteroatoms. The average Bonchev–Trinajstić information content (AvgIpc) is 2.55. The molecule has 1 aliphatic heterocycles. The minimum absolute atomic E-state index is 0.574. The van der Waals surface area contributed by atoms with Crippen molar-refractivity contribution in [1.29, 1.82) is 0 Å². The van der Waals surface area contributed by atoms with Crippen LogP contribution in [0, 0.1) is 0 Å². The Labute approximate surface area is 125 Å². The first kappa shape index (κ1) is 14.1. The van der Waals surface area contributed by atoms with E-state index in [0.717, 1.165) is 36.5 Å². The predicted molar refractivity (Wildman–Crippen MR) is 81.1 cm³/mol. The maximum Gasteiger partial charge on any atom is 0.191 e. The number of benzene rings is 2. The number of ether oxygens (including phenoxy) is 3. The van der Waals surface area contributed by atoms with Gasteiger partial charge in [-0.3, -0.25) is 0 Å². The Hall–Kier alpha value is -1.84. The Kier molecular flexibility index (Phi) is 4.23. The van der Waals surface area contributed by atoms with E-state index < -0.39 is 5.79 Å². The molecule has 1 saturated heterocycles. The van der Waals surface area contributed by atoms with E-state index >= 15 is 0 Å². The molecular weight excluding hydrogens is 264 g/mol. The van der Waals surface area contributed by atoms with Gasteiger partial charge in [-0.05, 0) is 43.2 Å². The van der Waals surface area contributed by atoms with Gasteiger partial charge in [-0.1, -0.05) is 30.3 Å². The van der Waals surface area contributed by atoms with Crippen LogP contribution >= 0.6 is 0 Å². The van der Waals surface area contributed by atoms with Crippen LogP contribution in [0.25, 0.3) is 0 Å². The van der Waals surface area contributed by atoms with E-state index in [-0.39, 0.29) is 0 Å². The summed E-state index contributed by atoms with van der Waals surface area (Å²) in [5, 5.41) is 0. The Balaban J connectivity index is 1.64. The van der Waals surface area contributed by atoms with Crippen molar-refractivity contribution in [3.05, 3.63) is 65.7 Å². The molecule has 0 saturated carbocycles. The van der Waals surface area contributed by atoms with Crippen LogP contribution in [0.4, 0.5) is 0 Å². The van der Waals surface area contributed by atoms with Gasteiger partial charge in [-0.25, -0.2) is 0 Å². The lowest BCUT2D eigenvalue weighted by Crippen LogP contribution is -2.34. The van der Waals surface area contributed by atoms with E-state index in [9.17, 15) is 0 Å². The molecule has 0 spiro atoms. The van der Waals surface area contributed by atoms with Gasteiger partial charge >= 0.3 is 0 Å². The van der Waals surface area contributed by atoms with E-state index in [1.54, 1.807) is 0 Å². The molecule has 3 nitrogen and oxygen atoms in total. The molecule has 0 aromatic heterocycles. The average molecular weight is 284 g/mol. The quantitative estimate of drug-likeness (QED) is 0.853. The van der Waals surface area contributed by atoms with E-state index in [1.165, 1.54) is 0 Å². The van der Waals surface area contributed by atoms with Crippen LogP contribution in [0.15, 0.2) is 54.6 Å². The fraction of sp³-hybridized carbons (Fsp3) is 0.333. The van der Waals surface area contributed by atoms with Crippen LogP contribution in [0.3, 0.4) is 0 Å². The normalized spacial score (nSPS) is 17.4. The molecule has 3 rings (SSSR count). The molecule has 0 N–H and O–H groups in total. The maximum atomic E-state index is 5.79. The van der Waals surface area contributed by atoms with Crippen molar-refractivity contribution < 1.29 is 14.2 Å². The topological polar surface area (TPSA) is 27.7 Å². The molecule has 0 bridgehead atoms. The monoisotopic (exact) mass is 284 g/mol. The standard InChI is InChI=1S/C18H20O3/c1-18(20-12-5-13-21-18)16-8-10-17(11-9-16)19-14-15-6-3-2-4-7-15/h2-4,6-11H,5,12-14H2,1H3. The van der Waals surface area contributed by atoms with Gasteiger partial charge in [0.15, 0.2) is 5.79 Å². The van der Waals surface area contributed by atoms with Crippen LogP contribution in [0.2, 0.25) is 0 Å². The predicted octanol–water partition coefficient (Wildman–Crippen LogP) is 3.88. The summed E-state index contributed by atoms with van der Waals surface area (Å²) in [7, 11) is 0. The smallest absolute Gasteiger partial charge is 0.191 e. The van der Waals surface area contributed by atoms with Gasteiger partial charge in [0.1, 0.15) is 12.4 Å². The summed E-state index contributed by atoms with van der Waals surface area (Å²) in [6, 6.07) is 18.1. The SMILES string of the molecule is CC1(c2ccc(OCc3ccccc3)cc2)OCCCO1. The van der Waals surface area contributed by atoms with E-state index in [2.05, 4.69) is 12.1 Å². The van der Waals surface area contributed by atoms with Gasteiger partial charge in [0, 0.05) is 5.56 Å². The number of hydrogen-bond donors (Lipinski definition) is 0. The van der Waals surface area contributed by atoms with Crippen molar-refractivity contribution in [3.8, 4) is 5.75 Å². The van der Waals surface area contributed by atoms with Crippen LogP contribution in [-0.4, -0.2) is 13.2 Å². The lowest BCUT2D eigenvalue weighted by molar-refractivity contribution is -0.264. The third-order valence-corrected chi connectivity index (χ3v) is 3.67. The zero-order chi connectivity index (χ0) is 14.5. The minimum atomic E-state index is -0.629. The Bertz CT molecular complexity index is 557. The van der Waals surface area contributed by atoms with E-state index in [0.29, 0.717) is 6.61 Å². The second-order valence-corrected chi connectivity index (χ2v) is 5.29. The Morgan fingerprint density at radius 2 is 1.62 bits per heavy atom. The summed E-state index contributed by atoms with van der Waals surface area (Å²) in [6.45, 7) is 4.02. The summed E-state index contributed by atoms with van der Waals surface area (Å²) in [6.07, 6.45) is 0.952. The van der Waals surface area contributed by atoms with Crippen molar-refractivity contribution in [2.75, 3.05) is 13.2 Å². The Morgan fingerprint density at radius 3 is 2.29 bits per heavy atom. The fourth-order valence-electron chi connectivity index (χ4n) is 2.40. The van der Waals surface area contributed by atoms with Crippen LogP contribution in [0.5, 0.6) is 5.75 Å². The molecule has 1 heterocycles. The van der Waals surface area contributed by atoms with Crippen molar-refractivity contribution in [1.82, 2.24) is 0 Å². The third kappa shape index (κ3) is 3.43. The summed E-state index contributed by atoms with van der Waals surface area (Å²) < 4.78 is 17.3. The third-order valence-electron chi connectivity index (χ3n) is 3.67. The summed E-state index contributed by atoms with van der Waals surface area (Å²) in [4.78, 5) is 0. The summed E-state index contributed by atoms with van der Waals surface area (Å²) >= 11 is 0. The van der Waals surface area contributed by atoms with E-state index in [4.69, 9.17) is 14.2 Å². The molecule has 1 fully saturated rings. The first-order chi connectivity index (χ1) is 10.3. The first-order valence-electron chi connectivity index (χ1n) is 7.31. The zero-order valence-corrected chi connectivity index (χ0v) is 12.2. The van der Waals surface area contributed by atoms with E-state index in [1.807, 2.05) is 49.4 Å². The van der Waals surface area contributed by atoms with Gasteiger partial charge in [0.05, 0.1) is 13.2 Å². The largest absolute Gasteiger partial charge is 0.489 e. The van der Waals surface area contributed by atoms with Crippen molar-refractivity contribution in [2.45, 2.75) is 25.7 Å². The van der Waals surface area contributed by atoms with Gasteiger partial charge in [0.2, 0.25) is 0 Å². The molecular formula is C18H20O3. The highest BCUT2D eigenvalue weighted by atomic mass is 16.7. The van der Waals surface area contributed by atoms with Crippen LogP contribution < -0.4 is 4.74 Å². The van der Waals surface area contributed by atoms with Gasteiger partial charge in [0.25, 0.3) is 0 Å². The van der Waals surface area contributed by atoms with Gasteiger partial charge in [-0.2, -0.15) is 0 Å². The summed E-state index contributed by atoms with van der Waals surface area (Å²) in [5.74, 6) is 0.220. The molecule has 0 unspecified atom stereocenters. The van der Waals surface area contributed by atoms with Crippen molar-refractivity contribution in [3.63, 3.8) is 0 Å². The lowest BCUT2D eigenvalue weighted by atomic mass is 10.1. The molecule has 2 aromatic rings. The first-order valence-corrected chi connectivity index (χ1v) is 7.31. The fourth-order valence-corrected chi connectivity index (χ4v) is 2.40. The maximum absolute atomic E-state index is 5.79. The van der Waals surface area contributed by atoms with Gasteiger partial charge < -0.3 is 14.2 Å².